The van der Waals surface area contributed by atoms with Crippen molar-refractivity contribution in [2.75, 3.05) is 26.7 Å². The van der Waals surface area contributed by atoms with Crippen molar-refractivity contribution >= 4 is 11.9 Å². The average molecular weight is 399 g/mol. The molecule has 1 aromatic heterocycles. The average Bonchev–Trinajstić information content (AvgIpc) is 3.05. The highest BCUT2D eigenvalue weighted by Gasteiger charge is 2.11. The molecule has 0 spiro atoms. The largest absolute Gasteiger partial charge is 0.356 e. The maximum atomic E-state index is 12.4. The zero-order valence-corrected chi connectivity index (χ0v) is 18.3. The minimum atomic E-state index is 0.0783. The molecule has 7 nitrogen and oxygen atoms in total. The van der Waals surface area contributed by atoms with Gasteiger partial charge >= 0.3 is 0 Å². The Labute approximate surface area is 174 Å². The van der Waals surface area contributed by atoms with E-state index in [0.29, 0.717) is 6.54 Å². The predicted molar refractivity (Wildman–Crippen MR) is 118 cm³/mol. The van der Waals surface area contributed by atoms with Gasteiger partial charge in [-0.3, -0.25) is 14.5 Å². The number of aryl methyl sites for hydroxylation is 3. The van der Waals surface area contributed by atoms with Crippen molar-refractivity contribution in [1.29, 1.82) is 0 Å². The van der Waals surface area contributed by atoms with Gasteiger partial charge in [0.1, 0.15) is 0 Å². The third kappa shape index (κ3) is 6.62. The summed E-state index contributed by atoms with van der Waals surface area (Å²) in [5.41, 5.74) is 4.07. The molecule has 0 fully saturated rings. The summed E-state index contributed by atoms with van der Waals surface area (Å²) in [6.45, 7) is 11.9. The summed E-state index contributed by atoms with van der Waals surface area (Å²) < 4.78 is 2.04. The maximum Gasteiger partial charge on any atom is 0.253 e. The van der Waals surface area contributed by atoms with Crippen molar-refractivity contribution < 1.29 is 4.79 Å². The van der Waals surface area contributed by atoms with Crippen molar-refractivity contribution in [2.45, 2.75) is 47.2 Å². The molecule has 2 N–H and O–H groups in total. The Hall–Kier alpha value is -2.83. The fourth-order valence-corrected chi connectivity index (χ4v) is 3.20. The quantitative estimate of drug-likeness (QED) is 0.387. The topological polar surface area (TPSA) is 74.6 Å². The number of carbonyl (C=O) groups is 1. The molecule has 0 saturated carbocycles. The van der Waals surface area contributed by atoms with E-state index in [1.54, 1.807) is 7.05 Å². The van der Waals surface area contributed by atoms with E-state index in [9.17, 15) is 4.79 Å². The fraction of sp³-hybridized carbons (Fsp3) is 0.500. The van der Waals surface area contributed by atoms with Crippen LogP contribution in [0.25, 0.3) is 0 Å². The third-order valence-corrected chi connectivity index (χ3v) is 4.88. The lowest BCUT2D eigenvalue weighted by molar-refractivity contribution is 0.0773. The zero-order chi connectivity index (χ0) is 21.2. The normalized spacial score (nSPS) is 11.4. The van der Waals surface area contributed by atoms with Gasteiger partial charge in [-0.25, -0.2) is 0 Å². The van der Waals surface area contributed by atoms with Gasteiger partial charge in [-0.2, -0.15) is 5.10 Å². The van der Waals surface area contributed by atoms with Crippen LogP contribution in [0.2, 0.25) is 0 Å². The number of aliphatic imine (C=N–C) groups is 1. The molecule has 0 aliphatic rings. The first-order valence-corrected chi connectivity index (χ1v) is 10.3. The first-order valence-electron chi connectivity index (χ1n) is 10.3. The standard InChI is InChI=1S/C22H34N6O/c1-6-27(7-2)21(29)20-11-9-19(10-12-20)16-25-22(23-5)24-13-8-14-28-18(4)15-17(3)26-28/h9-12,15H,6-8,13-14,16H2,1-5H3,(H2,23,24,25). The van der Waals surface area contributed by atoms with Gasteiger partial charge < -0.3 is 15.5 Å². The lowest BCUT2D eigenvalue weighted by atomic mass is 10.1. The molecule has 0 radical (unpaired) electrons. The molecule has 1 aromatic carbocycles. The smallest absolute Gasteiger partial charge is 0.253 e. The first kappa shape index (κ1) is 22.5. The second kappa shape index (κ2) is 11.2. The minimum absolute atomic E-state index is 0.0783. The van der Waals surface area contributed by atoms with Crippen LogP contribution in [0.3, 0.4) is 0 Å². The third-order valence-electron chi connectivity index (χ3n) is 4.88. The monoisotopic (exact) mass is 398 g/mol. The Bertz CT molecular complexity index is 805. The molecule has 2 aromatic rings. The van der Waals surface area contributed by atoms with Gasteiger partial charge in [0, 0.05) is 51.0 Å². The lowest BCUT2D eigenvalue weighted by Crippen LogP contribution is -2.37. The number of aromatic nitrogens is 2. The van der Waals surface area contributed by atoms with E-state index in [-0.39, 0.29) is 5.91 Å². The molecule has 0 unspecified atom stereocenters. The summed E-state index contributed by atoms with van der Waals surface area (Å²) in [6.07, 6.45) is 0.963. The van der Waals surface area contributed by atoms with Gasteiger partial charge in [0.05, 0.1) is 5.69 Å². The molecule has 0 atom stereocenters. The molecule has 0 saturated heterocycles. The molecule has 1 amide bonds. The number of nitrogens with one attached hydrogen (secondary N) is 2. The van der Waals surface area contributed by atoms with Gasteiger partial charge in [-0.1, -0.05) is 12.1 Å². The van der Waals surface area contributed by atoms with E-state index < -0.39 is 0 Å². The second-order valence-electron chi connectivity index (χ2n) is 7.03. The van der Waals surface area contributed by atoms with Crippen molar-refractivity contribution in [1.82, 2.24) is 25.3 Å². The minimum Gasteiger partial charge on any atom is -0.356 e. The SMILES string of the molecule is CCN(CC)C(=O)c1ccc(CNC(=NC)NCCCn2nc(C)cc2C)cc1. The van der Waals surface area contributed by atoms with Crippen LogP contribution in [0.1, 0.15) is 47.6 Å². The highest BCUT2D eigenvalue weighted by atomic mass is 16.2. The number of hydrogen-bond acceptors (Lipinski definition) is 3. The van der Waals surface area contributed by atoms with Crippen LogP contribution < -0.4 is 10.6 Å². The highest BCUT2D eigenvalue weighted by Crippen LogP contribution is 2.08. The van der Waals surface area contributed by atoms with Gasteiger partial charge in [-0.05, 0) is 57.9 Å². The molecule has 1 heterocycles. The van der Waals surface area contributed by atoms with Crippen LogP contribution in [0, 0.1) is 13.8 Å². The maximum absolute atomic E-state index is 12.4. The molecule has 158 valence electrons. The van der Waals surface area contributed by atoms with E-state index >= 15 is 0 Å². The van der Waals surface area contributed by atoms with Crippen LogP contribution in [-0.2, 0) is 13.1 Å². The van der Waals surface area contributed by atoms with Gasteiger partial charge in [-0.15, -0.1) is 0 Å². The number of guanidine groups is 1. The Kier molecular flexibility index (Phi) is 8.70. The lowest BCUT2D eigenvalue weighted by Gasteiger charge is -2.18. The zero-order valence-electron chi connectivity index (χ0n) is 18.3. The van der Waals surface area contributed by atoms with Crippen molar-refractivity contribution in [2.24, 2.45) is 4.99 Å². The number of amides is 1. The summed E-state index contributed by atoms with van der Waals surface area (Å²) in [6, 6.07) is 9.85. The van der Waals surface area contributed by atoms with Crippen LogP contribution in [0.5, 0.6) is 0 Å². The van der Waals surface area contributed by atoms with Crippen molar-refractivity contribution in [3.8, 4) is 0 Å². The van der Waals surface area contributed by atoms with Gasteiger partial charge in [0.2, 0.25) is 0 Å². The molecule has 0 aliphatic carbocycles. The van der Waals surface area contributed by atoms with Crippen LogP contribution >= 0.6 is 0 Å². The van der Waals surface area contributed by atoms with E-state index in [2.05, 4.69) is 33.7 Å². The van der Waals surface area contributed by atoms with E-state index in [0.717, 1.165) is 55.4 Å². The summed E-state index contributed by atoms with van der Waals surface area (Å²) in [4.78, 5) is 18.5. The number of rotatable bonds is 9. The summed E-state index contributed by atoms with van der Waals surface area (Å²) in [7, 11) is 1.77. The number of carbonyl (C=O) groups excluding carboxylic acids is 1. The summed E-state index contributed by atoms with van der Waals surface area (Å²) in [5, 5.41) is 11.1. The van der Waals surface area contributed by atoms with E-state index in [1.165, 1.54) is 5.69 Å². The molecule has 29 heavy (non-hydrogen) atoms. The Balaban J connectivity index is 1.77. The van der Waals surface area contributed by atoms with Crippen LogP contribution in [0.15, 0.2) is 35.3 Å². The van der Waals surface area contributed by atoms with Gasteiger partial charge in [0.15, 0.2) is 5.96 Å². The number of hydrogen-bond donors (Lipinski definition) is 2. The Morgan fingerprint density at radius 3 is 2.38 bits per heavy atom. The highest BCUT2D eigenvalue weighted by molar-refractivity contribution is 5.94. The molecule has 0 bridgehead atoms. The molecule has 2 rings (SSSR count). The van der Waals surface area contributed by atoms with Crippen molar-refractivity contribution in [3.05, 3.63) is 52.8 Å². The predicted octanol–water partition coefficient (Wildman–Crippen LogP) is 2.74. The van der Waals surface area contributed by atoms with E-state index in [1.807, 2.05) is 54.6 Å². The number of nitrogens with zero attached hydrogens (tertiary/aromatic N) is 4. The molecular weight excluding hydrogens is 364 g/mol. The van der Waals surface area contributed by atoms with Crippen LogP contribution in [0.4, 0.5) is 0 Å². The first-order chi connectivity index (χ1) is 14.0. The fourth-order valence-electron chi connectivity index (χ4n) is 3.20. The second-order valence-corrected chi connectivity index (χ2v) is 7.03. The van der Waals surface area contributed by atoms with Gasteiger partial charge in [0.25, 0.3) is 5.91 Å². The Morgan fingerprint density at radius 1 is 1.14 bits per heavy atom. The summed E-state index contributed by atoms with van der Waals surface area (Å²) >= 11 is 0. The molecule has 7 heteroatoms. The van der Waals surface area contributed by atoms with Crippen LogP contribution in [-0.4, -0.2) is 53.2 Å². The summed E-state index contributed by atoms with van der Waals surface area (Å²) in [5.74, 6) is 0.844. The van der Waals surface area contributed by atoms with E-state index in [4.69, 9.17) is 0 Å². The Morgan fingerprint density at radius 2 is 1.83 bits per heavy atom. The number of benzene rings is 1. The van der Waals surface area contributed by atoms with Crippen molar-refractivity contribution in [3.63, 3.8) is 0 Å². The molecular formula is C22H34N6O. The molecule has 0 aliphatic heterocycles.